The van der Waals surface area contributed by atoms with Gasteiger partial charge in [-0.1, -0.05) is 38.2 Å². The molecular weight excluding hydrogens is 212 g/mol. The third-order valence-electron chi connectivity index (χ3n) is 3.34. The monoisotopic (exact) mass is 234 g/mol. The molecule has 0 N–H and O–H groups in total. The Labute approximate surface area is 104 Å². The highest BCUT2D eigenvalue weighted by atomic mass is 16.5. The molecule has 0 aromatic heterocycles. The normalized spacial score (nSPS) is 23.3. The van der Waals surface area contributed by atoms with Gasteiger partial charge < -0.3 is 4.74 Å². The summed E-state index contributed by atoms with van der Waals surface area (Å²) in [6, 6.07) is 0. The lowest BCUT2D eigenvalue weighted by Crippen LogP contribution is -2.26. The Morgan fingerprint density at radius 3 is 2.76 bits per heavy atom. The van der Waals surface area contributed by atoms with E-state index in [-0.39, 0.29) is 11.4 Å². The van der Waals surface area contributed by atoms with Gasteiger partial charge in [0, 0.05) is 12.8 Å². The fourth-order valence-corrected chi connectivity index (χ4v) is 2.41. The van der Waals surface area contributed by atoms with Crippen LogP contribution in [-0.2, 0) is 9.53 Å². The Morgan fingerprint density at radius 2 is 2.24 bits per heavy atom. The number of ether oxygens (including phenoxy) is 1. The van der Waals surface area contributed by atoms with Crippen LogP contribution < -0.4 is 0 Å². The van der Waals surface area contributed by atoms with Gasteiger partial charge in [0.2, 0.25) is 0 Å². The van der Waals surface area contributed by atoms with Crippen molar-refractivity contribution in [2.45, 2.75) is 40.5 Å². The van der Waals surface area contributed by atoms with Gasteiger partial charge in [-0.2, -0.15) is 0 Å². The summed E-state index contributed by atoms with van der Waals surface area (Å²) >= 11 is 0. The molecular formula is C15H22O2. The van der Waals surface area contributed by atoms with Crippen molar-refractivity contribution in [1.82, 2.24) is 0 Å². The van der Waals surface area contributed by atoms with E-state index in [1.54, 1.807) is 6.08 Å². The van der Waals surface area contributed by atoms with Gasteiger partial charge in [-0.05, 0) is 31.3 Å². The van der Waals surface area contributed by atoms with Crippen molar-refractivity contribution in [3.8, 4) is 0 Å². The van der Waals surface area contributed by atoms with Crippen LogP contribution >= 0.6 is 0 Å². The maximum absolute atomic E-state index is 10.8. The van der Waals surface area contributed by atoms with Gasteiger partial charge in [-0.15, -0.1) is 0 Å². The van der Waals surface area contributed by atoms with Crippen molar-refractivity contribution in [3.63, 3.8) is 0 Å². The van der Waals surface area contributed by atoms with Crippen molar-refractivity contribution in [2.75, 3.05) is 0 Å². The molecule has 0 bridgehead atoms. The zero-order valence-corrected chi connectivity index (χ0v) is 11.2. The molecule has 0 radical (unpaired) electrons. The minimum absolute atomic E-state index is 0.256. The topological polar surface area (TPSA) is 26.3 Å². The van der Waals surface area contributed by atoms with Crippen LogP contribution in [0.25, 0.3) is 0 Å². The van der Waals surface area contributed by atoms with E-state index in [0.717, 1.165) is 6.42 Å². The first kappa shape index (κ1) is 13.8. The summed E-state index contributed by atoms with van der Waals surface area (Å²) < 4.78 is 4.91. The lowest BCUT2D eigenvalue weighted by molar-refractivity contribution is -0.136. The van der Waals surface area contributed by atoms with Crippen LogP contribution in [0.2, 0.25) is 0 Å². The summed E-state index contributed by atoms with van der Waals surface area (Å²) in [5.41, 5.74) is 1.64. The van der Waals surface area contributed by atoms with Crippen LogP contribution in [0, 0.1) is 11.3 Å². The highest BCUT2D eigenvalue weighted by Gasteiger charge is 2.30. The highest BCUT2D eigenvalue weighted by Crippen LogP contribution is 2.41. The van der Waals surface area contributed by atoms with E-state index in [9.17, 15) is 4.79 Å². The zero-order chi connectivity index (χ0) is 13.1. The number of carbonyl (C=O) groups is 1. The Morgan fingerprint density at radius 1 is 1.59 bits per heavy atom. The molecule has 17 heavy (non-hydrogen) atoms. The summed E-state index contributed by atoms with van der Waals surface area (Å²) in [6.45, 7) is 11.8. The molecule has 1 aliphatic carbocycles. The molecule has 0 aromatic carbocycles. The van der Waals surface area contributed by atoms with E-state index in [1.165, 1.54) is 18.9 Å². The van der Waals surface area contributed by atoms with E-state index >= 15 is 0 Å². The van der Waals surface area contributed by atoms with Gasteiger partial charge >= 0.3 is 5.97 Å². The average molecular weight is 234 g/mol. The Hall–Kier alpha value is -1.31. The first-order valence-corrected chi connectivity index (χ1v) is 6.05. The largest absolute Gasteiger partial charge is 0.427 e. The van der Waals surface area contributed by atoms with E-state index in [0.29, 0.717) is 11.7 Å². The molecule has 0 aromatic rings. The van der Waals surface area contributed by atoms with E-state index in [4.69, 9.17) is 4.74 Å². The van der Waals surface area contributed by atoms with Crippen LogP contribution in [-0.4, -0.2) is 5.97 Å². The zero-order valence-electron chi connectivity index (χ0n) is 11.2. The molecule has 1 atom stereocenters. The van der Waals surface area contributed by atoms with Crippen molar-refractivity contribution < 1.29 is 9.53 Å². The number of esters is 1. The molecule has 1 rings (SSSR count). The van der Waals surface area contributed by atoms with Crippen molar-refractivity contribution >= 4 is 5.97 Å². The SMILES string of the molecule is C=C(/C=C/[C@H]1C(C)=CCCC1(C)C)OC(C)=O. The number of hydrogen-bond donors (Lipinski definition) is 0. The molecule has 0 spiro atoms. The molecule has 0 amide bonds. The van der Waals surface area contributed by atoms with E-state index in [1.807, 2.05) is 0 Å². The summed E-state index contributed by atoms with van der Waals surface area (Å²) in [7, 11) is 0. The van der Waals surface area contributed by atoms with Gasteiger partial charge in [0.25, 0.3) is 0 Å². The standard InChI is InChI=1S/C15H22O2/c1-11-7-6-10-15(4,5)14(11)9-8-12(2)17-13(3)16/h7-9,14H,2,6,10H2,1,3-5H3/b9-8+/t14-/m0/s1. The number of rotatable bonds is 3. The molecule has 0 heterocycles. The van der Waals surface area contributed by atoms with Gasteiger partial charge in [-0.25, -0.2) is 0 Å². The first-order valence-electron chi connectivity index (χ1n) is 6.05. The average Bonchev–Trinajstić information content (AvgIpc) is 2.14. The predicted molar refractivity (Wildman–Crippen MR) is 70.3 cm³/mol. The molecule has 2 nitrogen and oxygen atoms in total. The summed E-state index contributed by atoms with van der Waals surface area (Å²) in [6.07, 6.45) is 8.51. The molecule has 0 fully saturated rings. The lowest BCUT2D eigenvalue weighted by atomic mass is 9.68. The molecule has 0 saturated heterocycles. The quantitative estimate of drug-likeness (QED) is 0.319. The number of allylic oxidation sites excluding steroid dienone is 4. The minimum Gasteiger partial charge on any atom is -0.427 e. The Bertz CT molecular complexity index is 372. The number of hydrogen-bond acceptors (Lipinski definition) is 2. The smallest absolute Gasteiger partial charge is 0.308 e. The van der Waals surface area contributed by atoms with Crippen LogP contribution in [0.15, 0.2) is 36.1 Å². The fraction of sp³-hybridized carbons (Fsp3) is 0.533. The summed E-state index contributed by atoms with van der Waals surface area (Å²) in [5, 5.41) is 0. The maximum atomic E-state index is 10.8. The van der Waals surface area contributed by atoms with Gasteiger partial charge in [0.15, 0.2) is 0 Å². The second-order valence-electron chi connectivity index (χ2n) is 5.37. The second-order valence-corrected chi connectivity index (χ2v) is 5.37. The highest BCUT2D eigenvalue weighted by molar-refractivity contribution is 5.67. The summed E-state index contributed by atoms with van der Waals surface area (Å²) in [4.78, 5) is 10.8. The fourth-order valence-electron chi connectivity index (χ4n) is 2.41. The molecule has 1 aliphatic rings. The minimum atomic E-state index is -0.324. The predicted octanol–water partition coefficient (Wildman–Crippen LogP) is 4.00. The third kappa shape index (κ3) is 3.88. The second kappa shape index (κ2) is 5.35. The molecule has 2 heteroatoms. The summed E-state index contributed by atoms with van der Waals surface area (Å²) in [5.74, 6) is 0.477. The van der Waals surface area contributed by atoms with Crippen LogP contribution in [0.5, 0.6) is 0 Å². The van der Waals surface area contributed by atoms with Crippen LogP contribution in [0.1, 0.15) is 40.5 Å². The van der Waals surface area contributed by atoms with Crippen molar-refractivity contribution in [3.05, 3.63) is 36.1 Å². The molecule has 0 saturated carbocycles. The third-order valence-corrected chi connectivity index (χ3v) is 3.34. The molecule has 0 aliphatic heterocycles. The van der Waals surface area contributed by atoms with Crippen LogP contribution in [0.3, 0.4) is 0 Å². The Kier molecular flexibility index (Phi) is 4.33. The van der Waals surface area contributed by atoms with Crippen LogP contribution in [0.4, 0.5) is 0 Å². The van der Waals surface area contributed by atoms with Gasteiger partial charge in [0.1, 0.15) is 5.76 Å². The molecule has 94 valence electrons. The van der Waals surface area contributed by atoms with Gasteiger partial charge in [-0.3, -0.25) is 4.79 Å². The first-order chi connectivity index (χ1) is 7.83. The van der Waals surface area contributed by atoms with Crippen molar-refractivity contribution in [2.24, 2.45) is 11.3 Å². The van der Waals surface area contributed by atoms with E-state index < -0.39 is 0 Å². The van der Waals surface area contributed by atoms with E-state index in [2.05, 4.69) is 39.5 Å². The maximum Gasteiger partial charge on any atom is 0.308 e. The Balaban J connectivity index is 2.75. The number of carbonyl (C=O) groups excluding carboxylic acids is 1. The van der Waals surface area contributed by atoms with Crippen molar-refractivity contribution in [1.29, 1.82) is 0 Å². The van der Waals surface area contributed by atoms with Gasteiger partial charge in [0.05, 0.1) is 0 Å². The lowest BCUT2D eigenvalue weighted by Gasteiger charge is -2.36. The molecule has 0 unspecified atom stereocenters.